The molecule has 120 valence electrons. The summed E-state index contributed by atoms with van der Waals surface area (Å²) < 4.78 is 1.90. The van der Waals surface area contributed by atoms with Gasteiger partial charge in [0.15, 0.2) is 0 Å². The smallest absolute Gasteiger partial charge is 0.337 e. The molecule has 1 aliphatic rings. The highest BCUT2D eigenvalue weighted by Gasteiger charge is 2.26. The Morgan fingerprint density at radius 2 is 1.96 bits per heavy atom. The van der Waals surface area contributed by atoms with Gasteiger partial charge in [-0.15, -0.1) is 0 Å². The first-order valence-corrected chi connectivity index (χ1v) is 8.55. The van der Waals surface area contributed by atoms with E-state index in [2.05, 4.69) is 28.1 Å². The summed E-state index contributed by atoms with van der Waals surface area (Å²) in [6.07, 6.45) is 5.38. The van der Waals surface area contributed by atoms with Crippen molar-refractivity contribution >= 4 is 21.9 Å². The Kier molecular flexibility index (Phi) is 4.66. The first-order chi connectivity index (χ1) is 11.1. The Bertz CT molecular complexity index is 770. The molecule has 1 heterocycles. The number of hydrogen-bond acceptors (Lipinski definition) is 2. The zero-order chi connectivity index (χ0) is 16.4. The highest BCUT2D eigenvalue weighted by Crippen LogP contribution is 2.38. The molecule has 23 heavy (non-hydrogen) atoms. The Labute approximate surface area is 142 Å². The van der Waals surface area contributed by atoms with Crippen molar-refractivity contribution in [3.63, 3.8) is 0 Å². The maximum atomic E-state index is 12.4. The van der Waals surface area contributed by atoms with Crippen LogP contribution in [-0.4, -0.2) is 15.6 Å². The molecule has 2 aromatic rings. The van der Waals surface area contributed by atoms with Crippen molar-refractivity contribution in [2.45, 2.75) is 37.6 Å². The van der Waals surface area contributed by atoms with Gasteiger partial charge in [-0.05, 0) is 52.7 Å². The van der Waals surface area contributed by atoms with Crippen molar-refractivity contribution in [1.29, 1.82) is 0 Å². The number of nitrogens with zero attached hydrogens (tertiary/aromatic N) is 1. The molecule has 1 saturated carbocycles. The third-order valence-corrected chi connectivity index (χ3v) is 5.13. The molecule has 1 aromatic heterocycles. The summed E-state index contributed by atoms with van der Waals surface area (Å²) in [4.78, 5) is 23.7. The molecule has 0 unspecified atom stereocenters. The minimum atomic E-state index is -1.02. The number of pyridine rings is 1. The molecule has 0 aliphatic heterocycles. The topological polar surface area (TPSA) is 59.3 Å². The number of aromatic nitrogens is 1. The van der Waals surface area contributed by atoms with Gasteiger partial charge in [-0.2, -0.15) is 0 Å². The van der Waals surface area contributed by atoms with Crippen LogP contribution in [0.15, 0.2) is 51.9 Å². The average Bonchev–Trinajstić information content (AvgIpc) is 2.58. The second-order valence-corrected chi connectivity index (χ2v) is 6.88. The summed E-state index contributed by atoms with van der Waals surface area (Å²) in [5, 5.41) is 9.22. The number of carbonyl (C=O) groups is 1. The van der Waals surface area contributed by atoms with Gasteiger partial charge >= 0.3 is 5.97 Å². The maximum absolute atomic E-state index is 12.4. The molecular weight excluding hydrogens is 358 g/mol. The van der Waals surface area contributed by atoms with E-state index in [0.29, 0.717) is 10.4 Å². The number of aromatic carboxylic acids is 1. The number of benzene rings is 1. The molecule has 3 rings (SSSR count). The van der Waals surface area contributed by atoms with Crippen LogP contribution in [0.1, 0.15) is 53.6 Å². The van der Waals surface area contributed by atoms with Crippen LogP contribution in [0.25, 0.3) is 0 Å². The minimum absolute atomic E-state index is 0.0389. The van der Waals surface area contributed by atoms with Crippen molar-refractivity contribution in [1.82, 2.24) is 4.57 Å². The highest BCUT2D eigenvalue weighted by molar-refractivity contribution is 9.10. The van der Waals surface area contributed by atoms with E-state index < -0.39 is 5.97 Å². The van der Waals surface area contributed by atoms with Gasteiger partial charge in [-0.3, -0.25) is 4.79 Å². The normalized spacial score (nSPS) is 21.1. The van der Waals surface area contributed by atoms with Gasteiger partial charge in [0.1, 0.15) is 0 Å². The molecule has 1 N–H and O–H groups in total. The molecule has 1 aromatic carbocycles. The average molecular weight is 376 g/mol. The van der Waals surface area contributed by atoms with Gasteiger partial charge in [-0.25, -0.2) is 4.79 Å². The molecule has 0 saturated heterocycles. The number of hydrogen-bond donors (Lipinski definition) is 1. The van der Waals surface area contributed by atoms with E-state index in [9.17, 15) is 14.7 Å². The molecule has 0 amide bonds. The molecular formula is C18H18BrNO3. The third-order valence-electron chi connectivity index (χ3n) is 4.56. The number of carboxylic acid groups (broad SMARTS) is 1. The molecule has 5 heteroatoms. The molecule has 4 nitrogen and oxygen atoms in total. The third kappa shape index (κ3) is 3.39. The standard InChI is InChI=1S/C18H18BrNO3/c19-16-10-14(18(22)23)11-20(17(16)21)15-8-4-7-13(9-15)12-5-2-1-3-6-12/h1-3,5-6,10-11,13,15H,4,7-9H2,(H,22,23)/t13-,15-/m1/s1. The monoisotopic (exact) mass is 375 g/mol. The van der Waals surface area contributed by atoms with Crippen LogP contribution < -0.4 is 5.56 Å². The minimum Gasteiger partial charge on any atom is -0.478 e. The highest BCUT2D eigenvalue weighted by atomic mass is 79.9. The van der Waals surface area contributed by atoms with Crippen LogP contribution in [0, 0.1) is 0 Å². The quantitative estimate of drug-likeness (QED) is 0.873. The molecule has 1 aliphatic carbocycles. The SMILES string of the molecule is O=C(O)c1cc(Br)c(=O)n([C@@H]2CCC[C@@H](c3ccccc3)C2)c1. The summed E-state index contributed by atoms with van der Waals surface area (Å²) in [7, 11) is 0. The van der Waals surface area contributed by atoms with E-state index in [-0.39, 0.29) is 17.2 Å². The van der Waals surface area contributed by atoms with Crippen LogP contribution in [0.3, 0.4) is 0 Å². The van der Waals surface area contributed by atoms with E-state index in [1.807, 2.05) is 18.2 Å². The summed E-state index contributed by atoms with van der Waals surface area (Å²) >= 11 is 3.20. The first kappa shape index (κ1) is 16.0. The molecule has 2 atom stereocenters. The lowest BCUT2D eigenvalue weighted by Gasteiger charge is -2.31. The Hall–Kier alpha value is -1.88. The number of halogens is 1. The summed E-state index contributed by atoms with van der Waals surface area (Å²) in [6, 6.07) is 11.7. The molecule has 1 fully saturated rings. The molecule has 0 spiro atoms. The second-order valence-electron chi connectivity index (χ2n) is 6.02. The second kappa shape index (κ2) is 6.71. The largest absolute Gasteiger partial charge is 0.478 e. The fraction of sp³-hybridized carbons (Fsp3) is 0.333. The summed E-state index contributed by atoms with van der Waals surface area (Å²) in [5.74, 6) is -0.607. The lowest BCUT2D eigenvalue weighted by atomic mass is 9.81. The zero-order valence-electron chi connectivity index (χ0n) is 12.6. The number of rotatable bonds is 3. The Morgan fingerprint density at radius 1 is 1.22 bits per heavy atom. The first-order valence-electron chi connectivity index (χ1n) is 7.76. The van der Waals surface area contributed by atoms with Crippen molar-refractivity contribution in [2.24, 2.45) is 0 Å². The molecule has 0 bridgehead atoms. The fourth-order valence-corrected chi connectivity index (χ4v) is 3.85. The van der Waals surface area contributed by atoms with Gasteiger partial charge in [0, 0.05) is 12.2 Å². The van der Waals surface area contributed by atoms with E-state index in [4.69, 9.17) is 0 Å². The number of carboxylic acids is 1. The van der Waals surface area contributed by atoms with E-state index >= 15 is 0 Å². The Morgan fingerprint density at radius 3 is 2.65 bits per heavy atom. The lowest BCUT2D eigenvalue weighted by Crippen LogP contribution is -2.29. The zero-order valence-corrected chi connectivity index (χ0v) is 14.2. The van der Waals surface area contributed by atoms with E-state index in [1.54, 1.807) is 4.57 Å². The molecule has 0 radical (unpaired) electrons. The van der Waals surface area contributed by atoms with Crippen LogP contribution in [-0.2, 0) is 0 Å². The van der Waals surface area contributed by atoms with Crippen molar-refractivity contribution in [2.75, 3.05) is 0 Å². The predicted molar refractivity (Wildman–Crippen MR) is 92.0 cm³/mol. The summed E-state index contributed by atoms with van der Waals surface area (Å²) in [6.45, 7) is 0. The van der Waals surface area contributed by atoms with Crippen LogP contribution in [0.2, 0.25) is 0 Å². The van der Waals surface area contributed by atoms with Crippen molar-refractivity contribution in [3.8, 4) is 0 Å². The van der Waals surface area contributed by atoms with Gasteiger partial charge in [0.05, 0.1) is 10.0 Å². The lowest BCUT2D eigenvalue weighted by molar-refractivity contribution is 0.0695. The van der Waals surface area contributed by atoms with Gasteiger partial charge in [0.2, 0.25) is 0 Å². The maximum Gasteiger partial charge on any atom is 0.337 e. The fourth-order valence-electron chi connectivity index (χ4n) is 3.40. The van der Waals surface area contributed by atoms with Gasteiger partial charge in [-0.1, -0.05) is 36.8 Å². The van der Waals surface area contributed by atoms with Crippen molar-refractivity contribution < 1.29 is 9.90 Å². The van der Waals surface area contributed by atoms with Crippen LogP contribution in [0.5, 0.6) is 0 Å². The van der Waals surface area contributed by atoms with Crippen LogP contribution in [0.4, 0.5) is 0 Å². The van der Waals surface area contributed by atoms with E-state index in [0.717, 1.165) is 25.7 Å². The van der Waals surface area contributed by atoms with Crippen LogP contribution >= 0.6 is 15.9 Å². The van der Waals surface area contributed by atoms with Gasteiger partial charge < -0.3 is 9.67 Å². The Balaban J connectivity index is 1.92. The summed E-state index contributed by atoms with van der Waals surface area (Å²) in [5.41, 5.74) is 1.27. The van der Waals surface area contributed by atoms with E-state index in [1.165, 1.54) is 17.8 Å². The van der Waals surface area contributed by atoms with Gasteiger partial charge in [0.25, 0.3) is 5.56 Å². The van der Waals surface area contributed by atoms with Crippen molar-refractivity contribution in [3.05, 3.63) is 68.5 Å². The predicted octanol–water partition coefficient (Wildman–Crippen LogP) is 4.21.